The summed E-state index contributed by atoms with van der Waals surface area (Å²) >= 11 is 0. The first-order valence-electron chi connectivity index (χ1n) is 9.14. The summed E-state index contributed by atoms with van der Waals surface area (Å²) in [5, 5.41) is 6.14. The van der Waals surface area contributed by atoms with Crippen LogP contribution in [0.3, 0.4) is 0 Å². The van der Waals surface area contributed by atoms with Gasteiger partial charge < -0.3 is 10.6 Å². The molecule has 2 N–H and O–H groups in total. The van der Waals surface area contributed by atoms with Crippen LogP contribution in [0.1, 0.15) is 11.1 Å². The van der Waals surface area contributed by atoms with E-state index in [9.17, 15) is 9.59 Å². The Morgan fingerprint density at radius 1 is 0.750 bits per heavy atom. The van der Waals surface area contributed by atoms with E-state index in [2.05, 4.69) is 23.8 Å². The maximum absolute atomic E-state index is 13.2. The van der Waals surface area contributed by atoms with Crippen molar-refractivity contribution in [2.75, 3.05) is 13.1 Å². The summed E-state index contributed by atoms with van der Waals surface area (Å²) in [5.74, 6) is 0. The van der Waals surface area contributed by atoms with Gasteiger partial charge in [0.05, 0.1) is 0 Å². The van der Waals surface area contributed by atoms with Crippen molar-refractivity contribution < 1.29 is 9.59 Å². The Morgan fingerprint density at radius 2 is 1.18 bits per heavy atom. The van der Waals surface area contributed by atoms with Crippen LogP contribution in [0.2, 0.25) is 0 Å². The maximum Gasteiger partial charge on any atom is 0.322 e. The lowest BCUT2D eigenvalue weighted by molar-refractivity contribution is -0.000686. The van der Waals surface area contributed by atoms with Crippen molar-refractivity contribution in [3.8, 4) is 0 Å². The van der Waals surface area contributed by atoms with Gasteiger partial charge in [-0.3, -0.25) is 9.80 Å². The van der Waals surface area contributed by atoms with Crippen LogP contribution in [0.5, 0.6) is 0 Å². The topological polar surface area (TPSA) is 64.7 Å². The van der Waals surface area contributed by atoms with Crippen LogP contribution in [-0.4, -0.2) is 35.0 Å². The fraction of sp³-hybridized carbons (Fsp3) is 0.182. The Morgan fingerprint density at radius 3 is 1.61 bits per heavy atom. The minimum Gasteiger partial charge on any atom is -0.307 e. The van der Waals surface area contributed by atoms with Gasteiger partial charge >= 0.3 is 12.1 Å². The highest BCUT2D eigenvalue weighted by atomic mass is 16.2. The molecule has 0 unspecified atom stereocenters. The molecule has 0 spiro atoms. The molecule has 2 saturated heterocycles. The highest BCUT2D eigenvalue weighted by molar-refractivity contribution is 5.89. The van der Waals surface area contributed by atoms with Crippen LogP contribution in [0, 0.1) is 0 Å². The molecule has 2 aromatic rings. The van der Waals surface area contributed by atoms with Crippen molar-refractivity contribution in [1.82, 2.24) is 20.4 Å². The summed E-state index contributed by atoms with van der Waals surface area (Å²) in [6.07, 6.45) is 3.33. The number of hydrogen-bond donors (Lipinski definition) is 2. The Balaban J connectivity index is 2.09. The Labute approximate surface area is 164 Å². The maximum atomic E-state index is 13.2. The molecule has 0 saturated carbocycles. The van der Waals surface area contributed by atoms with Gasteiger partial charge in [0, 0.05) is 24.2 Å². The number of carbonyl (C=O) groups is 2. The number of nitrogens with one attached hydrogen (secondary N) is 2. The number of nitrogens with zero attached hydrogens (tertiary/aromatic N) is 2. The average molecular weight is 374 g/mol. The van der Waals surface area contributed by atoms with Crippen molar-refractivity contribution in [1.29, 1.82) is 0 Å². The molecule has 2 heterocycles. The smallest absolute Gasteiger partial charge is 0.307 e. The average Bonchev–Trinajstić information content (AvgIpc) is 3.11. The van der Waals surface area contributed by atoms with Crippen molar-refractivity contribution in [2.24, 2.45) is 0 Å². The Hall–Kier alpha value is -3.54. The number of benzene rings is 2. The highest BCUT2D eigenvalue weighted by Gasteiger charge is 2.73. The number of carbonyl (C=O) groups excluding carboxylic acids is 2. The van der Waals surface area contributed by atoms with Gasteiger partial charge in [0.25, 0.3) is 0 Å². The molecule has 0 atom stereocenters. The first-order valence-corrected chi connectivity index (χ1v) is 9.14. The van der Waals surface area contributed by atoms with Gasteiger partial charge in [-0.1, -0.05) is 72.8 Å². The van der Waals surface area contributed by atoms with E-state index in [1.165, 1.54) is 0 Å². The molecule has 2 aliphatic heterocycles. The van der Waals surface area contributed by atoms with Crippen LogP contribution in [0.4, 0.5) is 9.59 Å². The number of hydrogen-bond acceptors (Lipinski definition) is 2. The zero-order chi connectivity index (χ0) is 19.8. The highest BCUT2D eigenvalue weighted by Crippen LogP contribution is 2.53. The fourth-order valence-electron chi connectivity index (χ4n) is 4.43. The van der Waals surface area contributed by atoms with Gasteiger partial charge in [-0.25, -0.2) is 9.59 Å². The van der Waals surface area contributed by atoms with Gasteiger partial charge in [0.15, 0.2) is 11.3 Å². The molecular weight excluding hydrogens is 352 g/mol. The zero-order valence-electron chi connectivity index (χ0n) is 15.5. The van der Waals surface area contributed by atoms with E-state index in [0.29, 0.717) is 0 Å². The van der Waals surface area contributed by atoms with Crippen molar-refractivity contribution in [3.63, 3.8) is 0 Å². The summed E-state index contributed by atoms with van der Waals surface area (Å²) in [5.41, 5.74) is -0.667. The molecule has 28 heavy (non-hydrogen) atoms. The molecule has 142 valence electrons. The second kappa shape index (κ2) is 6.56. The van der Waals surface area contributed by atoms with Crippen molar-refractivity contribution in [2.45, 2.75) is 11.3 Å². The van der Waals surface area contributed by atoms with Crippen LogP contribution in [-0.2, 0) is 11.3 Å². The SMILES string of the molecule is C=CCN1C(=O)NC2(c3ccccc3)NC(=O)N(CC=C)C12c1ccccc1. The number of fused-ring (bicyclic) bond motifs is 1. The van der Waals surface area contributed by atoms with E-state index in [1.54, 1.807) is 22.0 Å². The van der Waals surface area contributed by atoms with Crippen LogP contribution in [0.25, 0.3) is 0 Å². The molecule has 2 fully saturated rings. The Kier molecular flexibility index (Phi) is 4.19. The molecule has 6 nitrogen and oxygen atoms in total. The second-order valence-electron chi connectivity index (χ2n) is 6.81. The number of rotatable bonds is 6. The first-order chi connectivity index (χ1) is 13.6. The molecule has 4 amide bonds. The second-order valence-corrected chi connectivity index (χ2v) is 6.81. The van der Waals surface area contributed by atoms with Crippen molar-refractivity contribution in [3.05, 3.63) is 97.1 Å². The van der Waals surface area contributed by atoms with Crippen LogP contribution >= 0.6 is 0 Å². The molecule has 0 bridgehead atoms. The molecule has 2 aromatic carbocycles. The zero-order valence-corrected chi connectivity index (χ0v) is 15.5. The normalized spacial score (nSPS) is 25.9. The van der Waals surface area contributed by atoms with Crippen LogP contribution < -0.4 is 10.6 Å². The molecule has 0 radical (unpaired) electrons. The van der Waals surface area contributed by atoms with Gasteiger partial charge in [-0.05, 0) is 0 Å². The predicted molar refractivity (Wildman–Crippen MR) is 107 cm³/mol. The quantitative estimate of drug-likeness (QED) is 0.763. The third-order valence-corrected chi connectivity index (χ3v) is 5.39. The summed E-state index contributed by atoms with van der Waals surface area (Å²) in [4.78, 5) is 29.6. The number of amides is 4. The third-order valence-electron chi connectivity index (χ3n) is 5.39. The summed E-state index contributed by atoms with van der Waals surface area (Å²) < 4.78 is 0. The molecule has 6 heteroatoms. The Bertz CT molecular complexity index is 894. The number of urea groups is 2. The minimum absolute atomic E-state index is 0.276. The van der Waals surface area contributed by atoms with Gasteiger partial charge in [-0.15, -0.1) is 13.2 Å². The largest absolute Gasteiger partial charge is 0.322 e. The van der Waals surface area contributed by atoms with E-state index >= 15 is 0 Å². The van der Waals surface area contributed by atoms with Crippen LogP contribution in [0.15, 0.2) is 86.0 Å². The van der Waals surface area contributed by atoms with E-state index < -0.39 is 11.3 Å². The van der Waals surface area contributed by atoms with Gasteiger partial charge in [0.1, 0.15) is 0 Å². The van der Waals surface area contributed by atoms with E-state index in [4.69, 9.17) is 0 Å². The molecule has 0 aliphatic carbocycles. The lowest BCUT2D eigenvalue weighted by Crippen LogP contribution is -2.62. The lowest BCUT2D eigenvalue weighted by atomic mass is 9.81. The summed E-state index contributed by atoms with van der Waals surface area (Å²) in [6.45, 7) is 8.19. The van der Waals surface area contributed by atoms with E-state index in [1.807, 2.05) is 60.7 Å². The molecule has 2 aliphatic rings. The summed E-state index contributed by atoms with van der Waals surface area (Å²) in [6, 6.07) is 18.6. The fourth-order valence-corrected chi connectivity index (χ4v) is 4.43. The molecule has 4 rings (SSSR count). The lowest BCUT2D eigenvalue weighted by Gasteiger charge is -2.46. The molecular formula is C22H22N4O2. The predicted octanol–water partition coefficient (Wildman–Crippen LogP) is 3.11. The standard InChI is InChI=1S/C22H22N4O2/c1-3-15-25-19(27)23-21(17-11-7-5-8-12-17)22(25,18-13-9-6-10-14-18)26(16-4-2)20(28)24-21/h3-14H,1-2,15-16H2,(H,23,27)(H,24,28). The van der Waals surface area contributed by atoms with Gasteiger partial charge in [0.2, 0.25) is 0 Å². The van der Waals surface area contributed by atoms with E-state index in [-0.39, 0.29) is 25.2 Å². The minimum atomic E-state index is -1.16. The summed E-state index contributed by atoms with van der Waals surface area (Å²) in [7, 11) is 0. The van der Waals surface area contributed by atoms with Crippen molar-refractivity contribution >= 4 is 12.1 Å². The monoisotopic (exact) mass is 374 g/mol. The first kappa shape index (κ1) is 17.9. The molecule has 0 aromatic heterocycles. The van der Waals surface area contributed by atoms with Gasteiger partial charge in [-0.2, -0.15) is 0 Å². The van der Waals surface area contributed by atoms with E-state index in [0.717, 1.165) is 11.1 Å². The third kappa shape index (κ3) is 2.14.